The van der Waals surface area contributed by atoms with E-state index in [0.717, 1.165) is 10.0 Å². The first kappa shape index (κ1) is 19.0. The summed E-state index contributed by atoms with van der Waals surface area (Å²) < 4.78 is 2.73. The molecule has 0 nitrogen and oxygen atoms in total. The number of allylic oxidation sites excluding steroid dienone is 2. The van der Waals surface area contributed by atoms with Crippen molar-refractivity contribution in [2.75, 3.05) is 0 Å². The zero-order chi connectivity index (χ0) is 18.3. The van der Waals surface area contributed by atoms with Crippen molar-refractivity contribution in [2.24, 2.45) is 0 Å². The topological polar surface area (TPSA) is 0 Å². The van der Waals surface area contributed by atoms with E-state index in [1.165, 1.54) is 39.2 Å². The first-order valence-corrected chi connectivity index (χ1v) is 11.9. The van der Waals surface area contributed by atoms with Crippen molar-refractivity contribution in [3.8, 4) is 0 Å². The summed E-state index contributed by atoms with van der Waals surface area (Å²) >= 11 is 19.5. The number of hydrogen-bond acceptors (Lipinski definition) is 4. The van der Waals surface area contributed by atoms with Crippen LogP contribution in [0, 0.1) is 0 Å². The maximum absolute atomic E-state index is 6.03. The Labute approximate surface area is 180 Å². The number of hydrogen-bond donors (Lipinski definition) is 0. The van der Waals surface area contributed by atoms with Crippen molar-refractivity contribution in [1.82, 2.24) is 0 Å². The lowest BCUT2D eigenvalue weighted by Crippen LogP contribution is -1.78. The van der Waals surface area contributed by atoms with Gasteiger partial charge < -0.3 is 0 Å². The summed E-state index contributed by atoms with van der Waals surface area (Å²) in [5.74, 6) is 0. The third-order valence-corrected chi connectivity index (χ3v) is 10.3. The van der Waals surface area contributed by atoms with Gasteiger partial charge in [0.25, 0.3) is 0 Å². The lowest BCUT2D eigenvalue weighted by atomic mass is 10.2. The first-order chi connectivity index (χ1) is 12.5. The normalized spacial score (nSPS) is 20.5. The van der Waals surface area contributed by atoms with Crippen LogP contribution in [0.5, 0.6) is 0 Å². The molecule has 0 fully saturated rings. The molecule has 0 bridgehead atoms. The van der Waals surface area contributed by atoms with Gasteiger partial charge in [-0.3, -0.25) is 0 Å². The van der Waals surface area contributed by atoms with Crippen LogP contribution in [0.2, 0.25) is 10.0 Å². The average Bonchev–Trinajstić information content (AvgIpc) is 3.20. The average molecular weight is 454 g/mol. The predicted molar refractivity (Wildman–Crippen MR) is 125 cm³/mol. The molecular weight excluding hydrogens is 439 g/mol. The van der Waals surface area contributed by atoms with Gasteiger partial charge in [0.1, 0.15) is 0 Å². The summed E-state index contributed by atoms with van der Waals surface area (Å²) in [6.45, 7) is 4.39. The Hall–Kier alpha value is -0.360. The molecule has 0 saturated carbocycles. The smallest absolute Gasteiger partial charge is 0.0703 e. The Morgan fingerprint density at radius 2 is 0.885 bits per heavy atom. The van der Waals surface area contributed by atoms with Crippen molar-refractivity contribution in [2.45, 2.75) is 13.8 Å². The molecule has 0 saturated heterocycles. The Kier molecular flexibility index (Phi) is 5.80. The van der Waals surface area contributed by atoms with E-state index in [1.54, 1.807) is 0 Å². The molecule has 0 N–H and O–H groups in total. The van der Waals surface area contributed by atoms with Gasteiger partial charge in [-0.1, -0.05) is 94.5 Å². The van der Waals surface area contributed by atoms with Crippen LogP contribution in [0.1, 0.15) is 25.0 Å². The van der Waals surface area contributed by atoms with Gasteiger partial charge in [0.05, 0.1) is 8.47 Å². The lowest BCUT2D eigenvalue weighted by molar-refractivity contribution is 1.62. The van der Waals surface area contributed by atoms with Crippen molar-refractivity contribution in [3.63, 3.8) is 0 Å². The molecule has 2 aliphatic heterocycles. The fourth-order valence-electron chi connectivity index (χ4n) is 2.64. The van der Waals surface area contributed by atoms with E-state index in [1.807, 2.05) is 71.3 Å². The molecule has 0 amide bonds. The molecular formula is C20H14Cl2S4. The third kappa shape index (κ3) is 3.91. The maximum Gasteiger partial charge on any atom is 0.0703 e. The number of halogens is 2. The van der Waals surface area contributed by atoms with Gasteiger partial charge in [0.15, 0.2) is 0 Å². The van der Waals surface area contributed by atoms with Gasteiger partial charge in [-0.15, -0.1) is 0 Å². The Bertz CT molecular complexity index is 875. The van der Waals surface area contributed by atoms with E-state index in [2.05, 4.69) is 38.1 Å². The molecule has 0 atom stereocenters. The summed E-state index contributed by atoms with van der Waals surface area (Å²) in [6, 6.07) is 16.2. The standard InChI is InChI=1S/C20H14Cl2S4/c1-11-17(13-3-7-15(21)8-4-13)25-19(23-11)20-24-12(2)18(26-20)14-5-9-16(22)10-6-14/h3-10H,1-2H3/b20-19+. The molecule has 2 aliphatic rings. The van der Waals surface area contributed by atoms with Crippen LogP contribution in [-0.4, -0.2) is 0 Å². The van der Waals surface area contributed by atoms with Crippen molar-refractivity contribution in [3.05, 3.63) is 88.0 Å². The molecule has 0 radical (unpaired) electrons. The fourth-order valence-corrected chi connectivity index (χ4v) is 8.45. The van der Waals surface area contributed by atoms with Gasteiger partial charge in [-0.2, -0.15) is 0 Å². The Morgan fingerprint density at radius 1 is 0.538 bits per heavy atom. The predicted octanol–water partition coefficient (Wildman–Crippen LogP) is 9.16. The zero-order valence-electron chi connectivity index (χ0n) is 14.0. The summed E-state index contributed by atoms with van der Waals surface area (Å²) in [4.78, 5) is 5.35. The van der Waals surface area contributed by atoms with Crippen LogP contribution < -0.4 is 0 Å². The quantitative estimate of drug-likeness (QED) is 0.444. The summed E-state index contributed by atoms with van der Waals surface area (Å²) in [5.41, 5.74) is 2.46. The molecule has 0 spiro atoms. The van der Waals surface area contributed by atoms with Crippen LogP contribution in [0.25, 0.3) is 9.81 Å². The van der Waals surface area contributed by atoms with Gasteiger partial charge in [-0.05, 0) is 49.2 Å². The van der Waals surface area contributed by atoms with Crippen LogP contribution in [-0.2, 0) is 0 Å². The second kappa shape index (κ2) is 7.94. The fraction of sp³-hybridized carbons (Fsp3) is 0.100. The molecule has 2 heterocycles. The van der Waals surface area contributed by atoms with Crippen LogP contribution in [0.3, 0.4) is 0 Å². The van der Waals surface area contributed by atoms with Gasteiger partial charge >= 0.3 is 0 Å². The number of rotatable bonds is 2. The molecule has 26 heavy (non-hydrogen) atoms. The highest BCUT2D eigenvalue weighted by atomic mass is 35.5. The number of thioether (sulfide) groups is 4. The van der Waals surface area contributed by atoms with E-state index in [4.69, 9.17) is 23.2 Å². The second-order valence-corrected chi connectivity index (χ2v) is 11.6. The zero-order valence-corrected chi connectivity index (χ0v) is 18.8. The van der Waals surface area contributed by atoms with Crippen molar-refractivity contribution in [1.29, 1.82) is 0 Å². The molecule has 132 valence electrons. The van der Waals surface area contributed by atoms with Crippen LogP contribution >= 0.6 is 70.2 Å². The van der Waals surface area contributed by atoms with Gasteiger partial charge in [0.2, 0.25) is 0 Å². The summed E-state index contributed by atoms with van der Waals surface area (Å²) in [6.07, 6.45) is 0. The lowest BCUT2D eigenvalue weighted by Gasteiger charge is -2.05. The van der Waals surface area contributed by atoms with Crippen molar-refractivity contribution >= 4 is 80.1 Å². The first-order valence-electron chi connectivity index (χ1n) is 7.90. The minimum Gasteiger partial charge on any atom is -0.0845 e. The van der Waals surface area contributed by atoms with Gasteiger partial charge in [0, 0.05) is 29.7 Å². The minimum absolute atomic E-state index is 0.774. The maximum atomic E-state index is 6.03. The Balaban J connectivity index is 1.57. The molecule has 0 unspecified atom stereocenters. The number of benzene rings is 2. The molecule has 6 heteroatoms. The second-order valence-electron chi connectivity index (χ2n) is 5.77. The SMILES string of the molecule is CC1=C(c2ccc(Cl)cc2)S/C(=C2\SC(C)=C(c3ccc(Cl)cc3)S2)S1. The minimum atomic E-state index is 0.774. The molecule has 2 aromatic rings. The summed E-state index contributed by atoms with van der Waals surface area (Å²) in [7, 11) is 0. The van der Waals surface area contributed by atoms with Crippen LogP contribution in [0.15, 0.2) is 66.8 Å². The molecule has 2 aromatic carbocycles. The van der Waals surface area contributed by atoms with E-state index >= 15 is 0 Å². The largest absolute Gasteiger partial charge is 0.0845 e. The summed E-state index contributed by atoms with van der Waals surface area (Å²) in [5, 5.41) is 1.55. The van der Waals surface area contributed by atoms with E-state index in [0.29, 0.717) is 0 Å². The molecule has 0 aromatic heterocycles. The molecule has 0 aliphatic carbocycles. The third-order valence-electron chi connectivity index (χ3n) is 3.90. The molecule has 4 rings (SSSR count). The van der Waals surface area contributed by atoms with E-state index < -0.39 is 0 Å². The van der Waals surface area contributed by atoms with Crippen molar-refractivity contribution < 1.29 is 0 Å². The highest BCUT2D eigenvalue weighted by Gasteiger charge is 2.28. The highest BCUT2D eigenvalue weighted by molar-refractivity contribution is 8.37. The van der Waals surface area contributed by atoms with E-state index in [9.17, 15) is 0 Å². The van der Waals surface area contributed by atoms with Gasteiger partial charge in [-0.25, -0.2) is 0 Å². The Morgan fingerprint density at radius 3 is 1.23 bits per heavy atom. The van der Waals surface area contributed by atoms with Crippen LogP contribution in [0.4, 0.5) is 0 Å². The van der Waals surface area contributed by atoms with E-state index in [-0.39, 0.29) is 0 Å². The highest BCUT2D eigenvalue weighted by Crippen LogP contribution is 2.63. The monoisotopic (exact) mass is 452 g/mol.